The maximum absolute atomic E-state index is 13.3. The second-order valence-electron chi connectivity index (χ2n) is 4.64. The lowest BCUT2D eigenvalue weighted by Crippen LogP contribution is -2.19. The molecule has 2 rings (SSSR count). The highest BCUT2D eigenvalue weighted by molar-refractivity contribution is 5.25. The van der Waals surface area contributed by atoms with Crippen LogP contribution in [0.3, 0.4) is 0 Å². The van der Waals surface area contributed by atoms with Gasteiger partial charge in [-0.05, 0) is 48.9 Å². The first kappa shape index (κ1) is 13.7. The Morgan fingerprint density at radius 1 is 1.00 bits per heavy atom. The fourth-order valence-electron chi connectivity index (χ4n) is 2.26. The molecule has 2 aromatic carbocycles. The van der Waals surface area contributed by atoms with Crippen molar-refractivity contribution in [1.29, 1.82) is 0 Å². The van der Waals surface area contributed by atoms with E-state index in [-0.39, 0.29) is 17.6 Å². The van der Waals surface area contributed by atoms with E-state index in [4.69, 9.17) is 0 Å². The zero-order chi connectivity index (χ0) is 13.7. The highest BCUT2D eigenvalue weighted by atomic mass is 19.1. The number of hydrogen-bond donors (Lipinski definition) is 1. The molecule has 0 amide bonds. The lowest BCUT2D eigenvalue weighted by molar-refractivity contribution is 0.595. The third kappa shape index (κ3) is 3.86. The minimum Gasteiger partial charge on any atom is -0.319 e. The summed E-state index contributed by atoms with van der Waals surface area (Å²) in [6.45, 7) is 0.722. The van der Waals surface area contributed by atoms with Crippen molar-refractivity contribution in [2.75, 3.05) is 13.6 Å². The van der Waals surface area contributed by atoms with Crippen molar-refractivity contribution >= 4 is 0 Å². The zero-order valence-electron chi connectivity index (χ0n) is 10.9. The first-order valence-corrected chi connectivity index (χ1v) is 6.33. The molecule has 0 fully saturated rings. The van der Waals surface area contributed by atoms with Crippen LogP contribution in [0, 0.1) is 11.6 Å². The van der Waals surface area contributed by atoms with E-state index in [1.807, 2.05) is 19.2 Å². The van der Waals surface area contributed by atoms with Gasteiger partial charge in [0.15, 0.2) is 0 Å². The summed E-state index contributed by atoms with van der Waals surface area (Å²) < 4.78 is 26.5. The smallest absolute Gasteiger partial charge is 0.123 e. The van der Waals surface area contributed by atoms with Gasteiger partial charge in [-0.2, -0.15) is 0 Å². The normalized spacial score (nSPS) is 12.4. The van der Waals surface area contributed by atoms with Crippen LogP contribution in [0.4, 0.5) is 8.78 Å². The Morgan fingerprint density at radius 2 is 1.68 bits per heavy atom. The Bertz CT molecular complexity index is 540. The van der Waals surface area contributed by atoms with Crippen LogP contribution in [0.2, 0.25) is 0 Å². The summed E-state index contributed by atoms with van der Waals surface area (Å²) in [6.07, 6.45) is 0.683. The van der Waals surface area contributed by atoms with E-state index < -0.39 is 0 Å². The molecule has 19 heavy (non-hydrogen) atoms. The molecule has 1 N–H and O–H groups in total. The second-order valence-corrected chi connectivity index (χ2v) is 4.64. The number of hydrogen-bond acceptors (Lipinski definition) is 1. The van der Waals surface area contributed by atoms with Crippen LogP contribution in [0.15, 0.2) is 48.5 Å². The maximum atomic E-state index is 13.3. The standard InChI is InChI=1S/C16H17F2N/c1-19-11-14(13-5-3-7-16(18)10-13)8-12-4-2-6-15(17)9-12/h2-7,9-10,14,19H,8,11H2,1H3. The van der Waals surface area contributed by atoms with Crippen LogP contribution < -0.4 is 5.32 Å². The van der Waals surface area contributed by atoms with Gasteiger partial charge in [-0.3, -0.25) is 0 Å². The molecule has 0 saturated heterocycles. The Kier molecular flexibility index (Phi) is 4.63. The Labute approximate surface area is 112 Å². The molecule has 1 nitrogen and oxygen atoms in total. The van der Waals surface area contributed by atoms with Gasteiger partial charge in [-0.25, -0.2) is 8.78 Å². The van der Waals surface area contributed by atoms with Crippen LogP contribution >= 0.6 is 0 Å². The van der Waals surface area contributed by atoms with Crippen molar-refractivity contribution in [3.05, 3.63) is 71.3 Å². The summed E-state index contributed by atoms with van der Waals surface area (Å²) in [7, 11) is 1.86. The topological polar surface area (TPSA) is 12.0 Å². The summed E-state index contributed by atoms with van der Waals surface area (Å²) in [6, 6.07) is 13.1. The average molecular weight is 261 g/mol. The van der Waals surface area contributed by atoms with Gasteiger partial charge in [0.25, 0.3) is 0 Å². The average Bonchev–Trinajstić information content (AvgIpc) is 2.38. The van der Waals surface area contributed by atoms with Crippen molar-refractivity contribution in [3.63, 3.8) is 0 Å². The third-order valence-corrected chi connectivity index (χ3v) is 3.14. The van der Waals surface area contributed by atoms with Crippen molar-refractivity contribution in [3.8, 4) is 0 Å². The molecule has 0 spiro atoms. The SMILES string of the molecule is CNCC(Cc1cccc(F)c1)c1cccc(F)c1. The lowest BCUT2D eigenvalue weighted by atomic mass is 9.92. The molecule has 0 bridgehead atoms. The number of nitrogens with one attached hydrogen (secondary N) is 1. The summed E-state index contributed by atoms with van der Waals surface area (Å²) in [5.41, 5.74) is 1.85. The van der Waals surface area contributed by atoms with E-state index in [1.165, 1.54) is 18.2 Å². The van der Waals surface area contributed by atoms with Gasteiger partial charge in [0, 0.05) is 12.5 Å². The number of likely N-dealkylation sites (N-methyl/N-ethyl adjacent to an activating group) is 1. The fourth-order valence-corrected chi connectivity index (χ4v) is 2.26. The van der Waals surface area contributed by atoms with Gasteiger partial charge in [0.05, 0.1) is 0 Å². The Balaban J connectivity index is 2.21. The molecule has 0 saturated carbocycles. The predicted octanol–water partition coefficient (Wildman–Crippen LogP) is 3.51. The molecule has 2 aromatic rings. The van der Waals surface area contributed by atoms with E-state index >= 15 is 0 Å². The highest BCUT2D eigenvalue weighted by Crippen LogP contribution is 2.21. The van der Waals surface area contributed by atoms with Crippen LogP contribution in [-0.2, 0) is 6.42 Å². The van der Waals surface area contributed by atoms with E-state index in [0.29, 0.717) is 6.42 Å². The van der Waals surface area contributed by atoms with Crippen molar-refractivity contribution in [2.45, 2.75) is 12.3 Å². The summed E-state index contributed by atoms with van der Waals surface area (Å²) in [5.74, 6) is -0.347. The van der Waals surface area contributed by atoms with Crippen molar-refractivity contribution in [2.24, 2.45) is 0 Å². The third-order valence-electron chi connectivity index (χ3n) is 3.14. The molecule has 0 aromatic heterocycles. The first-order chi connectivity index (χ1) is 9.19. The number of halogens is 2. The zero-order valence-corrected chi connectivity index (χ0v) is 10.9. The summed E-state index contributed by atoms with van der Waals surface area (Å²) in [4.78, 5) is 0. The van der Waals surface area contributed by atoms with Crippen LogP contribution in [0.5, 0.6) is 0 Å². The van der Waals surface area contributed by atoms with Crippen LogP contribution in [0.1, 0.15) is 17.0 Å². The van der Waals surface area contributed by atoms with Gasteiger partial charge >= 0.3 is 0 Å². The Morgan fingerprint density at radius 3 is 2.32 bits per heavy atom. The van der Waals surface area contributed by atoms with Gasteiger partial charge in [0.1, 0.15) is 11.6 Å². The summed E-state index contributed by atoms with van der Waals surface area (Å²) >= 11 is 0. The fraction of sp³-hybridized carbons (Fsp3) is 0.250. The van der Waals surface area contributed by atoms with E-state index in [1.54, 1.807) is 18.2 Å². The van der Waals surface area contributed by atoms with E-state index in [9.17, 15) is 8.78 Å². The van der Waals surface area contributed by atoms with E-state index in [0.717, 1.165) is 17.7 Å². The van der Waals surface area contributed by atoms with Crippen molar-refractivity contribution < 1.29 is 8.78 Å². The van der Waals surface area contributed by atoms with Crippen molar-refractivity contribution in [1.82, 2.24) is 5.32 Å². The first-order valence-electron chi connectivity index (χ1n) is 6.33. The lowest BCUT2D eigenvalue weighted by Gasteiger charge is -2.17. The molecule has 0 radical (unpaired) electrons. The molecule has 0 aliphatic heterocycles. The molecule has 3 heteroatoms. The molecule has 1 unspecified atom stereocenters. The van der Waals surface area contributed by atoms with E-state index in [2.05, 4.69) is 5.32 Å². The molecule has 1 atom stereocenters. The molecular formula is C16H17F2N. The van der Waals surface area contributed by atoms with Gasteiger partial charge in [0.2, 0.25) is 0 Å². The largest absolute Gasteiger partial charge is 0.319 e. The second kappa shape index (κ2) is 6.43. The molecule has 0 aliphatic carbocycles. The summed E-state index contributed by atoms with van der Waals surface area (Å²) in [5, 5.41) is 3.10. The maximum Gasteiger partial charge on any atom is 0.123 e. The van der Waals surface area contributed by atoms with Crippen LogP contribution in [-0.4, -0.2) is 13.6 Å². The Hall–Kier alpha value is -1.74. The predicted molar refractivity (Wildman–Crippen MR) is 73.2 cm³/mol. The van der Waals surface area contributed by atoms with Crippen LogP contribution in [0.25, 0.3) is 0 Å². The minimum absolute atomic E-state index is 0.127. The quantitative estimate of drug-likeness (QED) is 0.868. The number of rotatable bonds is 5. The molecular weight excluding hydrogens is 244 g/mol. The highest BCUT2D eigenvalue weighted by Gasteiger charge is 2.12. The van der Waals surface area contributed by atoms with Gasteiger partial charge in [-0.15, -0.1) is 0 Å². The van der Waals surface area contributed by atoms with Gasteiger partial charge in [-0.1, -0.05) is 24.3 Å². The number of benzene rings is 2. The molecule has 100 valence electrons. The van der Waals surface area contributed by atoms with Gasteiger partial charge < -0.3 is 5.32 Å². The minimum atomic E-state index is -0.238. The molecule has 0 aliphatic rings. The monoisotopic (exact) mass is 261 g/mol. The molecule has 0 heterocycles.